The predicted molar refractivity (Wildman–Crippen MR) is 114 cm³/mol. The Kier molecular flexibility index (Phi) is 6.76. The lowest BCUT2D eigenvalue weighted by atomic mass is 9.91. The van der Waals surface area contributed by atoms with Gasteiger partial charge in [-0.1, -0.05) is 6.07 Å². The molecule has 0 saturated carbocycles. The average Bonchev–Trinajstić information content (AvgIpc) is 2.99. The van der Waals surface area contributed by atoms with Gasteiger partial charge in [-0.05, 0) is 41.7 Å². The van der Waals surface area contributed by atoms with Crippen molar-refractivity contribution in [3.8, 4) is 34.1 Å². The molecular weight excluding hydrogens is 443 g/mol. The Hall–Kier alpha value is -3.43. The Morgan fingerprint density at radius 1 is 1.00 bits per heavy atom. The van der Waals surface area contributed by atoms with E-state index in [1.54, 1.807) is 0 Å². The monoisotopic (exact) mass is 467 g/mol. The first-order chi connectivity index (χ1) is 15.6. The first-order valence-electron chi connectivity index (χ1n) is 10.0. The molecule has 0 heterocycles. The highest BCUT2D eigenvalue weighted by molar-refractivity contribution is 5.85. The topological polar surface area (TPSA) is 83.1 Å². The number of hydrogen-bond donors (Lipinski definition) is 1. The van der Waals surface area contributed by atoms with Gasteiger partial charge in [0.2, 0.25) is 17.1 Å². The summed E-state index contributed by atoms with van der Waals surface area (Å²) in [4.78, 5) is 24.6. The van der Waals surface area contributed by atoms with Gasteiger partial charge in [-0.3, -0.25) is 9.59 Å². The Balaban J connectivity index is 2.57. The molecule has 2 aromatic rings. The van der Waals surface area contributed by atoms with E-state index in [2.05, 4.69) is 5.32 Å². The van der Waals surface area contributed by atoms with E-state index in [0.717, 1.165) is 7.11 Å². The molecule has 0 aliphatic heterocycles. The molecule has 0 bridgehead atoms. The van der Waals surface area contributed by atoms with Gasteiger partial charge in [-0.25, -0.2) is 0 Å². The zero-order chi connectivity index (χ0) is 24.5. The van der Waals surface area contributed by atoms with E-state index >= 15 is 0 Å². The number of hydrogen-bond acceptors (Lipinski definition) is 6. The number of rotatable bonds is 5. The third-order valence-corrected chi connectivity index (χ3v) is 5.53. The molecule has 0 saturated heterocycles. The largest absolute Gasteiger partial charge is 0.493 e. The van der Waals surface area contributed by atoms with Gasteiger partial charge in [0.05, 0.1) is 34.5 Å². The van der Waals surface area contributed by atoms with Gasteiger partial charge >= 0.3 is 6.18 Å². The maximum atomic E-state index is 14.3. The molecule has 0 spiro atoms. The number of amides is 1. The van der Waals surface area contributed by atoms with Crippen LogP contribution in [-0.4, -0.2) is 34.3 Å². The summed E-state index contributed by atoms with van der Waals surface area (Å²) in [6.07, 6.45) is -4.75. The molecule has 7 nitrogen and oxygen atoms in total. The Bertz CT molecular complexity index is 1150. The van der Waals surface area contributed by atoms with Gasteiger partial charge in [0.15, 0.2) is 17.2 Å². The van der Waals surface area contributed by atoms with Gasteiger partial charge in [-0.2, -0.15) is 13.2 Å². The lowest BCUT2D eigenvalue weighted by Crippen LogP contribution is -2.26. The molecule has 2 aromatic carbocycles. The second-order valence-corrected chi connectivity index (χ2v) is 7.40. The van der Waals surface area contributed by atoms with Crippen LogP contribution in [0.25, 0.3) is 11.1 Å². The zero-order valence-electron chi connectivity index (χ0n) is 18.8. The van der Waals surface area contributed by atoms with Gasteiger partial charge in [0, 0.05) is 12.5 Å². The fraction of sp³-hybridized carbons (Fsp3) is 0.391. The fourth-order valence-electron chi connectivity index (χ4n) is 4.29. The summed E-state index contributed by atoms with van der Waals surface area (Å²) in [5.41, 5.74) is -0.812. The van der Waals surface area contributed by atoms with Crippen molar-refractivity contribution in [1.82, 2.24) is 5.32 Å². The number of alkyl halides is 3. The fourth-order valence-corrected chi connectivity index (χ4v) is 4.29. The van der Waals surface area contributed by atoms with Crippen LogP contribution in [0.2, 0.25) is 0 Å². The van der Waals surface area contributed by atoms with Crippen LogP contribution in [0.4, 0.5) is 13.2 Å². The molecule has 33 heavy (non-hydrogen) atoms. The van der Waals surface area contributed by atoms with Crippen molar-refractivity contribution < 1.29 is 36.9 Å². The standard InChI is InChI=1S/C23H24F3NO6/c1-11(28)27-15-8-6-13-18(12-7-9-17(30-2)16(29)10-14(12)15)20(31-3)22(33-5)21(32-4)19(13)23(24,25)26/h7,9-10,15H,6,8H2,1-5H3,(H,27,28)/t15-/m0/s1. The van der Waals surface area contributed by atoms with E-state index < -0.39 is 29.0 Å². The van der Waals surface area contributed by atoms with Crippen molar-refractivity contribution in [2.45, 2.75) is 32.0 Å². The molecule has 0 radical (unpaired) electrons. The molecule has 1 aliphatic rings. The summed E-state index contributed by atoms with van der Waals surface area (Å²) in [6, 6.07) is 3.42. The molecule has 0 aromatic heterocycles. The molecule has 1 amide bonds. The Morgan fingerprint density at radius 2 is 1.64 bits per heavy atom. The minimum absolute atomic E-state index is 0.00156. The quantitative estimate of drug-likeness (QED) is 0.719. The summed E-state index contributed by atoms with van der Waals surface area (Å²) in [7, 11) is 4.97. The van der Waals surface area contributed by atoms with Crippen molar-refractivity contribution in [2.75, 3.05) is 28.4 Å². The van der Waals surface area contributed by atoms with E-state index in [4.69, 9.17) is 18.9 Å². The predicted octanol–water partition coefficient (Wildman–Crippen LogP) is 3.89. The first-order valence-corrected chi connectivity index (χ1v) is 10.0. The van der Waals surface area contributed by atoms with E-state index in [-0.39, 0.29) is 52.7 Å². The van der Waals surface area contributed by atoms with E-state index in [9.17, 15) is 22.8 Å². The van der Waals surface area contributed by atoms with Crippen molar-refractivity contribution in [3.63, 3.8) is 0 Å². The molecule has 1 aliphatic carbocycles. The number of halogens is 3. The molecule has 0 fully saturated rings. The molecule has 1 N–H and O–H groups in total. The van der Waals surface area contributed by atoms with Crippen LogP contribution in [0, 0.1) is 0 Å². The van der Waals surface area contributed by atoms with Gasteiger partial charge < -0.3 is 24.3 Å². The molecule has 10 heteroatoms. The van der Waals surface area contributed by atoms with Crippen LogP contribution in [0.5, 0.6) is 23.0 Å². The lowest BCUT2D eigenvalue weighted by molar-refractivity contribution is -0.139. The number of benzene rings is 1. The molecule has 3 rings (SSSR count). The van der Waals surface area contributed by atoms with Crippen molar-refractivity contribution in [2.24, 2.45) is 0 Å². The van der Waals surface area contributed by atoms with Crippen LogP contribution >= 0.6 is 0 Å². The second kappa shape index (κ2) is 9.21. The lowest BCUT2D eigenvalue weighted by Gasteiger charge is -2.24. The maximum Gasteiger partial charge on any atom is 0.420 e. The van der Waals surface area contributed by atoms with Crippen molar-refractivity contribution in [1.29, 1.82) is 0 Å². The Labute approximate surface area is 188 Å². The van der Waals surface area contributed by atoms with Crippen LogP contribution in [-0.2, 0) is 17.4 Å². The highest BCUT2D eigenvalue weighted by Crippen LogP contribution is 2.56. The Morgan fingerprint density at radius 3 is 2.15 bits per heavy atom. The van der Waals surface area contributed by atoms with Crippen LogP contribution in [0.3, 0.4) is 0 Å². The summed E-state index contributed by atoms with van der Waals surface area (Å²) in [6.45, 7) is 1.30. The highest BCUT2D eigenvalue weighted by Gasteiger charge is 2.43. The summed E-state index contributed by atoms with van der Waals surface area (Å²) < 4.78 is 64.1. The van der Waals surface area contributed by atoms with Crippen LogP contribution in [0.1, 0.15) is 36.1 Å². The average molecular weight is 467 g/mol. The second-order valence-electron chi connectivity index (χ2n) is 7.40. The van der Waals surface area contributed by atoms with Crippen LogP contribution < -0.4 is 29.7 Å². The third kappa shape index (κ3) is 4.29. The first kappa shape index (κ1) is 24.2. The number of ether oxygens (including phenoxy) is 4. The zero-order valence-corrected chi connectivity index (χ0v) is 18.8. The number of carbonyl (C=O) groups excluding carboxylic acids is 1. The molecule has 178 valence electrons. The summed E-state index contributed by atoms with van der Waals surface area (Å²) in [5.74, 6) is -1.08. The smallest absolute Gasteiger partial charge is 0.420 e. The molecule has 0 unspecified atom stereocenters. The van der Waals surface area contributed by atoms with Crippen molar-refractivity contribution in [3.05, 3.63) is 45.1 Å². The molecular formula is C23H24F3NO6. The van der Waals surface area contributed by atoms with Gasteiger partial charge in [-0.15, -0.1) is 0 Å². The minimum Gasteiger partial charge on any atom is -0.493 e. The normalized spacial score (nSPS) is 15.0. The van der Waals surface area contributed by atoms with E-state index in [1.165, 1.54) is 46.5 Å². The van der Waals surface area contributed by atoms with Crippen LogP contribution in [0.15, 0.2) is 23.0 Å². The maximum absolute atomic E-state index is 14.3. The third-order valence-electron chi connectivity index (χ3n) is 5.53. The number of nitrogens with one attached hydrogen (secondary N) is 1. The number of fused-ring (bicyclic) bond motifs is 3. The van der Waals surface area contributed by atoms with Gasteiger partial charge in [0.1, 0.15) is 5.56 Å². The minimum atomic E-state index is -4.78. The molecule has 1 atom stereocenters. The van der Waals surface area contributed by atoms with E-state index in [0.29, 0.717) is 5.56 Å². The van der Waals surface area contributed by atoms with Crippen molar-refractivity contribution >= 4 is 5.91 Å². The highest BCUT2D eigenvalue weighted by atomic mass is 19.4. The number of carbonyl (C=O) groups is 1. The van der Waals surface area contributed by atoms with Gasteiger partial charge in [0.25, 0.3) is 0 Å². The number of methoxy groups -OCH3 is 4. The summed E-state index contributed by atoms with van der Waals surface area (Å²) in [5, 5.41) is 2.74. The SMILES string of the molecule is COc1c(OC)c2c(c(C(F)(F)F)c1OC)CC[C@H](NC(C)=O)c1cc(=O)c(OC)ccc1-2. The van der Waals surface area contributed by atoms with E-state index in [1.807, 2.05) is 0 Å². The summed E-state index contributed by atoms with van der Waals surface area (Å²) >= 11 is 0.